The molecule has 152 valence electrons. The number of fused-ring (bicyclic) bond motifs is 1. The van der Waals surface area contributed by atoms with Gasteiger partial charge in [-0.05, 0) is 56.0 Å². The highest BCUT2D eigenvalue weighted by Crippen LogP contribution is 2.28. The number of ether oxygens (including phenoxy) is 1. The van der Waals surface area contributed by atoms with Crippen LogP contribution in [-0.2, 0) is 4.79 Å². The first kappa shape index (κ1) is 20.9. The fourth-order valence-electron chi connectivity index (χ4n) is 3.87. The van der Waals surface area contributed by atoms with Crippen LogP contribution in [0, 0.1) is 5.92 Å². The van der Waals surface area contributed by atoms with Gasteiger partial charge in [-0.1, -0.05) is 36.4 Å². The van der Waals surface area contributed by atoms with Crippen molar-refractivity contribution in [3.8, 4) is 5.75 Å². The van der Waals surface area contributed by atoms with Crippen LogP contribution in [0.2, 0.25) is 0 Å². The summed E-state index contributed by atoms with van der Waals surface area (Å²) >= 11 is 0. The van der Waals surface area contributed by atoms with E-state index < -0.39 is 0 Å². The van der Waals surface area contributed by atoms with E-state index in [0.717, 1.165) is 49.4 Å². The molecular formula is C23H31ClN2O2. The maximum Gasteiger partial charge on any atom is 0.222 e. The Morgan fingerprint density at radius 3 is 2.57 bits per heavy atom. The molecule has 28 heavy (non-hydrogen) atoms. The van der Waals surface area contributed by atoms with E-state index in [2.05, 4.69) is 23.5 Å². The average molecular weight is 403 g/mol. The van der Waals surface area contributed by atoms with Gasteiger partial charge in [-0.3, -0.25) is 4.79 Å². The Balaban J connectivity index is 0.00000225. The summed E-state index contributed by atoms with van der Waals surface area (Å²) in [5.41, 5.74) is 0. The zero-order chi connectivity index (χ0) is 18.5. The molecule has 2 aliphatic rings. The van der Waals surface area contributed by atoms with Crippen LogP contribution in [-0.4, -0.2) is 43.1 Å². The highest BCUT2D eigenvalue weighted by Gasteiger charge is 2.25. The lowest BCUT2D eigenvalue weighted by atomic mass is 10.0. The van der Waals surface area contributed by atoms with Crippen LogP contribution < -0.4 is 10.1 Å². The van der Waals surface area contributed by atoms with Crippen LogP contribution in [0.25, 0.3) is 10.8 Å². The van der Waals surface area contributed by atoms with Gasteiger partial charge in [0.2, 0.25) is 5.91 Å². The number of carbonyl (C=O) groups is 1. The zero-order valence-corrected chi connectivity index (χ0v) is 17.3. The predicted octanol–water partition coefficient (Wildman–Crippen LogP) is 4.41. The molecule has 1 amide bonds. The normalized spacial score (nSPS) is 17.4. The zero-order valence-electron chi connectivity index (χ0n) is 16.4. The molecule has 1 aliphatic carbocycles. The molecule has 2 aromatic carbocycles. The molecular weight excluding hydrogens is 372 g/mol. The van der Waals surface area contributed by atoms with E-state index in [1.807, 2.05) is 29.2 Å². The topological polar surface area (TPSA) is 41.6 Å². The molecule has 1 saturated carbocycles. The molecule has 0 aromatic heterocycles. The minimum absolute atomic E-state index is 0. The fourth-order valence-corrected chi connectivity index (χ4v) is 3.87. The average Bonchev–Trinajstić information content (AvgIpc) is 3.54. The van der Waals surface area contributed by atoms with E-state index in [1.54, 1.807) is 0 Å². The summed E-state index contributed by atoms with van der Waals surface area (Å²) in [7, 11) is 0. The summed E-state index contributed by atoms with van der Waals surface area (Å²) in [4.78, 5) is 14.5. The Morgan fingerprint density at radius 2 is 1.79 bits per heavy atom. The van der Waals surface area contributed by atoms with Gasteiger partial charge in [0.1, 0.15) is 5.75 Å². The molecule has 2 aromatic rings. The van der Waals surface area contributed by atoms with Crippen molar-refractivity contribution in [2.45, 2.75) is 44.6 Å². The number of piperidine rings is 1. The van der Waals surface area contributed by atoms with Crippen molar-refractivity contribution in [3.63, 3.8) is 0 Å². The van der Waals surface area contributed by atoms with E-state index in [4.69, 9.17) is 4.74 Å². The number of nitrogens with zero attached hydrogens (tertiary/aromatic N) is 1. The number of rotatable bonds is 8. The number of benzene rings is 2. The maximum atomic E-state index is 12.5. The molecule has 0 atom stereocenters. The first-order valence-electron chi connectivity index (χ1n) is 10.4. The standard InChI is InChI=1S/C23H30N2O2.ClH/c26-23(25-14-12-20(13-15-25)24-17-18-10-11-18)9-4-16-27-22-8-3-6-19-5-1-2-7-21(19)22;/h1-3,5-8,18,20,24H,4,9-17H2;1H. The summed E-state index contributed by atoms with van der Waals surface area (Å²) in [5, 5.41) is 5.99. The predicted molar refractivity (Wildman–Crippen MR) is 116 cm³/mol. The van der Waals surface area contributed by atoms with E-state index in [0.29, 0.717) is 19.1 Å². The lowest BCUT2D eigenvalue weighted by molar-refractivity contribution is -0.132. The molecule has 0 spiro atoms. The Labute approximate surface area is 174 Å². The van der Waals surface area contributed by atoms with Crippen LogP contribution >= 0.6 is 12.4 Å². The Morgan fingerprint density at radius 1 is 1.04 bits per heavy atom. The molecule has 4 nitrogen and oxygen atoms in total. The van der Waals surface area contributed by atoms with E-state index in [1.165, 1.54) is 24.8 Å². The monoisotopic (exact) mass is 402 g/mol. The van der Waals surface area contributed by atoms with Gasteiger partial charge in [-0.25, -0.2) is 0 Å². The van der Waals surface area contributed by atoms with Gasteiger partial charge in [-0.15, -0.1) is 12.4 Å². The molecule has 1 aliphatic heterocycles. The Bertz CT molecular complexity index is 765. The van der Waals surface area contributed by atoms with Crippen molar-refractivity contribution >= 4 is 29.1 Å². The second-order valence-corrected chi connectivity index (χ2v) is 7.94. The first-order chi connectivity index (χ1) is 13.3. The van der Waals surface area contributed by atoms with Gasteiger partial charge >= 0.3 is 0 Å². The van der Waals surface area contributed by atoms with Crippen molar-refractivity contribution in [3.05, 3.63) is 42.5 Å². The lowest BCUT2D eigenvalue weighted by Gasteiger charge is -2.32. The number of hydrogen-bond donors (Lipinski definition) is 1. The van der Waals surface area contributed by atoms with Crippen LogP contribution in [0.15, 0.2) is 42.5 Å². The third kappa shape index (κ3) is 5.62. The van der Waals surface area contributed by atoms with Gasteiger partial charge in [-0.2, -0.15) is 0 Å². The summed E-state index contributed by atoms with van der Waals surface area (Å²) in [5.74, 6) is 2.10. The molecule has 1 heterocycles. The quantitative estimate of drug-likeness (QED) is 0.665. The number of nitrogens with one attached hydrogen (secondary N) is 1. The molecule has 0 radical (unpaired) electrons. The number of halogens is 1. The van der Waals surface area contributed by atoms with Crippen LogP contribution in [0.5, 0.6) is 5.75 Å². The van der Waals surface area contributed by atoms with Crippen LogP contribution in [0.3, 0.4) is 0 Å². The molecule has 2 fully saturated rings. The molecule has 4 rings (SSSR count). The SMILES string of the molecule is Cl.O=C(CCCOc1cccc2ccccc12)N1CCC(NCC2CC2)CC1. The molecule has 1 saturated heterocycles. The van der Waals surface area contributed by atoms with Crippen molar-refractivity contribution in [2.75, 3.05) is 26.2 Å². The summed E-state index contributed by atoms with van der Waals surface area (Å²) in [6.07, 6.45) is 6.30. The van der Waals surface area contributed by atoms with Crippen LogP contribution in [0.1, 0.15) is 38.5 Å². The smallest absolute Gasteiger partial charge is 0.222 e. The van der Waals surface area contributed by atoms with E-state index in [9.17, 15) is 4.79 Å². The minimum Gasteiger partial charge on any atom is -0.493 e. The fraction of sp³-hybridized carbons (Fsp3) is 0.522. The second-order valence-electron chi connectivity index (χ2n) is 7.94. The maximum absolute atomic E-state index is 12.5. The number of likely N-dealkylation sites (tertiary alicyclic amines) is 1. The van der Waals surface area contributed by atoms with Crippen LogP contribution in [0.4, 0.5) is 0 Å². The van der Waals surface area contributed by atoms with Gasteiger partial charge in [0, 0.05) is 30.9 Å². The highest BCUT2D eigenvalue weighted by atomic mass is 35.5. The third-order valence-corrected chi connectivity index (χ3v) is 5.78. The van der Waals surface area contributed by atoms with Crippen molar-refractivity contribution in [1.29, 1.82) is 0 Å². The Kier molecular flexibility index (Phi) is 7.57. The summed E-state index contributed by atoms with van der Waals surface area (Å²) in [6.45, 7) is 3.54. The molecule has 0 bridgehead atoms. The van der Waals surface area contributed by atoms with Gasteiger partial charge in [0.05, 0.1) is 6.61 Å². The Hall–Kier alpha value is -1.78. The van der Waals surface area contributed by atoms with Crippen molar-refractivity contribution < 1.29 is 9.53 Å². The highest BCUT2D eigenvalue weighted by molar-refractivity contribution is 5.88. The summed E-state index contributed by atoms with van der Waals surface area (Å²) in [6, 6.07) is 15.0. The largest absolute Gasteiger partial charge is 0.493 e. The van der Waals surface area contributed by atoms with Gasteiger partial charge in [0.15, 0.2) is 0 Å². The molecule has 0 unspecified atom stereocenters. The van der Waals surface area contributed by atoms with Gasteiger partial charge in [0.25, 0.3) is 0 Å². The van der Waals surface area contributed by atoms with Gasteiger partial charge < -0.3 is 15.0 Å². The number of carbonyl (C=O) groups excluding carboxylic acids is 1. The van der Waals surface area contributed by atoms with Crippen molar-refractivity contribution in [1.82, 2.24) is 10.2 Å². The minimum atomic E-state index is 0. The van der Waals surface area contributed by atoms with E-state index >= 15 is 0 Å². The number of amides is 1. The first-order valence-corrected chi connectivity index (χ1v) is 10.4. The van der Waals surface area contributed by atoms with Crippen molar-refractivity contribution in [2.24, 2.45) is 5.92 Å². The second kappa shape index (κ2) is 10.1. The molecule has 1 N–H and O–H groups in total. The number of hydrogen-bond acceptors (Lipinski definition) is 3. The third-order valence-electron chi connectivity index (χ3n) is 5.78. The molecule has 5 heteroatoms. The lowest BCUT2D eigenvalue weighted by Crippen LogP contribution is -2.45. The summed E-state index contributed by atoms with van der Waals surface area (Å²) < 4.78 is 5.95. The van der Waals surface area contributed by atoms with E-state index in [-0.39, 0.29) is 18.3 Å².